The molecule has 0 spiro atoms. The Labute approximate surface area is 137 Å². The average molecular weight is 318 g/mol. The van der Waals surface area contributed by atoms with E-state index in [0.29, 0.717) is 25.2 Å². The van der Waals surface area contributed by atoms with Crippen molar-refractivity contribution in [2.75, 3.05) is 26.3 Å². The largest absolute Gasteiger partial charge is 0.490 e. The van der Waals surface area contributed by atoms with Crippen LogP contribution in [0.5, 0.6) is 11.5 Å². The van der Waals surface area contributed by atoms with E-state index in [4.69, 9.17) is 9.47 Å². The van der Waals surface area contributed by atoms with Gasteiger partial charge in [-0.15, -0.1) is 0 Å². The summed E-state index contributed by atoms with van der Waals surface area (Å²) in [6, 6.07) is 6.51. The molecule has 2 heterocycles. The van der Waals surface area contributed by atoms with Crippen molar-refractivity contribution in [1.29, 1.82) is 0 Å². The molecule has 3 rings (SSSR count). The Balaban J connectivity index is 1.62. The van der Waals surface area contributed by atoms with Crippen LogP contribution in [-0.4, -0.2) is 43.2 Å². The van der Waals surface area contributed by atoms with E-state index in [-0.39, 0.29) is 5.91 Å². The zero-order valence-electron chi connectivity index (χ0n) is 14.0. The van der Waals surface area contributed by atoms with Crippen molar-refractivity contribution in [2.45, 2.75) is 39.3 Å². The standard InChI is InChI=1S/C18H26N2O3/c1-13-12-20(14(2)21)8-7-16(13)19-11-15-5-3-6-17-18(15)23-10-4-9-22-17/h3,5-6,13,16,19H,4,7-12H2,1-2H3/t13-,16+/m1/s1. The van der Waals surface area contributed by atoms with Gasteiger partial charge in [-0.2, -0.15) is 0 Å². The lowest BCUT2D eigenvalue weighted by molar-refractivity contribution is -0.130. The van der Waals surface area contributed by atoms with Gasteiger partial charge in [-0.25, -0.2) is 0 Å². The number of nitrogens with zero attached hydrogens (tertiary/aromatic N) is 1. The number of ether oxygens (including phenoxy) is 2. The second-order valence-electron chi connectivity index (χ2n) is 6.51. The van der Waals surface area contributed by atoms with Crippen LogP contribution >= 0.6 is 0 Å². The topological polar surface area (TPSA) is 50.8 Å². The van der Waals surface area contributed by atoms with E-state index in [2.05, 4.69) is 18.3 Å². The predicted molar refractivity (Wildman–Crippen MR) is 88.7 cm³/mol. The quantitative estimate of drug-likeness (QED) is 0.928. The summed E-state index contributed by atoms with van der Waals surface area (Å²) in [5, 5.41) is 3.64. The number of rotatable bonds is 3. The van der Waals surface area contributed by atoms with Gasteiger partial charge >= 0.3 is 0 Å². The highest BCUT2D eigenvalue weighted by Crippen LogP contribution is 2.33. The molecule has 2 aliphatic rings. The molecule has 126 valence electrons. The highest BCUT2D eigenvalue weighted by Gasteiger charge is 2.27. The summed E-state index contributed by atoms with van der Waals surface area (Å²) >= 11 is 0. The molecule has 0 aromatic heterocycles. The monoisotopic (exact) mass is 318 g/mol. The molecular formula is C18H26N2O3. The molecule has 2 atom stereocenters. The van der Waals surface area contributed by atoms with Crippen LogP contribution in [0.2, 0.25) is 0 Å². The van der Waals surface area contributed by atoms with Gasteiger partial charge in [0.15, 0.2) is 11.5 Å². The maximum absolute atomic E-state index is 11.5. The summed E-state index contributed by atoms with van der Waals surface area (Å²) < 4.78 is 11.6. The Bertz CT molecular complexity index is 561. The molecule has 1 aromatic rings. The van der Waals surface area contributed by atoms with Crippen LogP contribution in [-0.2, 0) is 11.3 Å². The second-order valence-corrected chi connectivity index (χ2v) is 6.51. The lowest BCUT2D eigenvalue weighted by Gasteiger charge is -2.37. The molecule has 0 aliphatic carbocycles. The van der Waals surface area contributed by atoms with Crippen LogP contribution in [0.3, 0.4) is 0 Å². The third kappa shape index (κ3) is 3.78. The number of para-hydroxylation sites is 1. The van der Waals surface area contributed by atoms with Gasteiger partial charge in [0.05, 0.1) is 13.2 Å². The number of carbonyl (C=O) groups is 1. The molecule has 2 aliphatic heterocycles. The van der Waals surface area contributed by atoms with Crippen LogP contribution in [0, 0.1) is 5.92 Å². The molecule has 1 amide bonds. The highest BCUT2D eigenvalue weighted by molar-refractivity contribution is 5.73. The van der Waals surface area contributed by atoms with Crippen molar-refractivity contribution in [3.63, 3.8) is 0 Å². The van der Waals surface area contributed by atoms with Crippen LogP contribution in [0.4, 0.5) is 0 Å². The minimum Gasteiger partial charge on any atom is -0.490 e. The van der Waals surface area contributed by atoms with E-state index in [1.54, 1.807) is 6.92 Å². The Morgan fingerprint density at radius 1 is 1.35 bits per heavy atom. The first kappa shape index (κ1) is 16.1. The number of hydrogen-bond acceptors (Lipinski definition) is 4. The fourth-order valence-corrected chi connectivity index (χ4v) is 3.37. The maximum atomic E-state index is 11.5. The fourth-order valence-electron chi connectivity index (χ4n) is 3.37. The molecule has 1 N–H and O–H groups in total. The van der Waals surface area contributed by atoms with E-state index < -0.39 is 0 Å². The van der Waals surface area contributed by atoms with Crippen LogP contribution in [0.25, 0.3) is 0 Å². The van der Waals surface area contributed by atoms with E-state index in [1.165, 1.54) is 0 Å². The summed E-state index contributed by atoms with van der Waals surface area (Å²) in [6.07, 6.45) is 1.91. The minimum absolute atomic E-state index is 0.175. The molecule has 0 saturated carbocycles. The normalized spacial score (nSPS) is 24.2. The number of fused-ring (bicyclic) bond motifs is 1. The third-order valence-electron chi connectivity index (χ3n) is 4.76. The first-order chi connectivity index (χ1) is 11.1. The van der Waals surface area contributed by atoms with Crippen molar-refractivity contribution >= 4 is 5.91 Å². The number of benzene rings is 1. The molecule has 1 fully saturated rings. The zero-order chi connectivity index (χ0) is 16.2. The van der Waals surface area contributed by atoms with Gasteiger partial charge < -0.3 is 19.7 Å². The van der Waals surface area contributed by atoms with Crippen molar-refractivity contribution in [3.05, 3.63) is 23.8 Å². The minimum atomic E-state index is 0.175. The van der Waals surface area contributed by atoms with Crippen LogP contribution in [0.1, 0.15) is 32.3 Å². The molecule has 0 radical (unpaired) electrons. The molecule has 23 heavy (non-hydrogen) atoms. The summed E-state index contributed by atoms with van der Waals surface area (Å²) in [5.74, 6) is 2.36. The molecular weight excluding hydrogens is 292 g/mol. The van der Waals surface area contributed by atoms with Crippen molar-refractivity contribution in [1.82, 2.24) is 10.2 Å². The lowest BCUT2D eigenvalue weighted by atomic mass is 9.93. The first-order valence-corrected chi connectivity index (χ1v) is 8.51. The van der Waals surface area contributed by atoms with E-state index >= 15 is 0 Å². The van der Waals surface area contributed by atoms with Gasteiger partial charge in [0.2, 0.25) is 5.91 Å². The van der Waals surface area contributed by atoms with Crippen molar-refractivity contribution < 1.29 is 14.3 Å². The second kappa shape index (κ2) is 7.21. The zero-order valence-corrected chi connectivity index (χ0v) is 14.0. The van der Waals surface area contributed by atoms with Crippen molar-refractivity contribution in [2.24, 2.45) is 5.92 Å². The van der Waals surface area contributed by atoms with E-state index in [0.717, 1.165) is 49.5 Å². The number of likely N-dealkylation sites (tertiary alicyclic amines) is 1. The summed E-state index contributed by atoms with van der Waals surface area (Å²) in [5.41, 5.74) is 1.14. The van der Waals surface area contributed by atoms with Gasteiger partial charge in [-0.05, 0) is 18.4 Å². The molecule has 0 bridgehead atoms. The maximum Gasteiger partial charge on any atom is 0.219 e. The van der Waals surface area contributed by atoms with Gasteiger partial charge in [-0.1, -0.05) is 19.1 Å². The van der Waals surface area contributed by atoms with Gasteiger partial charge in [0.25, 0.3) is 0 Å². The summed E-state index contributed by atoms with van der Waals surface area (Å²) in [4.78, 5) is 13.4. The molecule has 1 aromatic carbocycles. The Hall–Kier alpha value is -1.75. The lowest BCUT2D eigenvalue weighted by Crippen LogP contribution is -2.49. The van der Waals surface area contributed by atoms with Crippen LogP contribution < -0.4 is 14.8 Å². The summed E-state index contributed by atoms with van der Waals surface area (Å²) in [6.45, 7) is 7.71. The Morgan fingerprint density at radius 3 is 2.96 bits per heavy atom. The fraction of sp³-hybridized carbons (Fsp3) is 0.611. The van der Waals surface area contributed by atoms with E-state index in [9.17, 15) is 4.79 Å². The average Bonchev–Trinajstić information content (AvgIpc) is 2.79. The summed E-state index contributed by atoms with van der Waals surface area (Å²) in [7, 11) is 0. The molecule has 5 heteroatoms. The van der Waals surface area contributed by atoms with Gasteiger partial charge in [-0.3, -0.25) is 4.79 Å². The SMILES string of the molecule is CC(=O)N1CC[C@H](NCc2cccc3c2OCCCO3)[C@H](C)C1. The predicted octanol–water partition coefficient (Wildman–Crippen LogP) is 2.19. The number of hydrogen-bond donors (Lipinski definition) is 1. The first-order valence-electron chi connectivity index (χ1n) is 8.51. The number of carbonyl (C=O) groups excluding carboxylic acids is 1. The molecule has 0 unspecified atom stereocenters. The third-order valence-corrected chi connectivity index (χ3v) is 4.76. The Kier molecular flexibility index (Phi) is 5.06. The number of amides is 1. The van der Waals surface area contributed by atoms with E-state index in [1.807, 2.05) is 17.0 Å². The number of piperidine rings is 1. The van der Waals surface area contributed by atoms with Crippen LogP contribution in [0.15, 0.2) is 18.2 Å². The van der Waals surface area contributed by atoms with Gasteiger partial charge in [0.1, 0.15) is 0 Å². The van der Waals surface area contributed by atoms with Gasteiger partial charge in [0, 0.05) is 44.6 Å². The Morgan fingerprint density at radius 2 is 2.17 bits per heavy atom. The number of nitrogens with one attached hydrogen (secondary N) is 1. The smallest absolute Gasteiger partial charge is 0.219 e. The molecule has 1 saturated heterocycles. The van der Waals surface area contributed by atoms with Crippen molar-refractivity contribution in [3.8, 4) is 11.5 Å². The molecule has 5 nitrogen and oxygen atoms in total. The highest BCUT2D eigenvalue weighted by atomic mass is 16.5.